The Bertz CT molecular complexity index is 831. The monoisotopic (exact) mass is 369 g/mol. The number of amides is 1. The van der Waals surface area contributed by atoms with Crippen LogP contribution in [0, 0.1) is 0 Å². The first-order valence-electron chi connectivity index (χ1n) is 8.64. The average molecular weight is 369 g/mol. The van der Waals surface area contributed by atoms with Gasteiger partial charge in [-0.05, 0) is 44.0 Å². The van der Waals surface area contributed by atoms with Gasteiger partial charge in [-0.2, -0.15) is 0 Å². The molecule has 2 aromatic carbocycles. The summed E-state index contributed by atoms with van der Waals surface area (Å²) in [5.74, 6) is -0.429. The zero-order valence-electron chi connectivity index (χ0n) is 15.7. The summed E-state index contributed by atoms with van der Waals surface area (Å²) in [7, 11) is 1.57. The summed E-state index contributed by atoms with van der Waals surface area (Å²) in [6, 6.07) is 14.1. The normalized spacial score (nSPS) is 11.4. The van der Waals surface area contributed by atoms with Crippen molar-refractivity contribution in [3.8, 4) is 5.75 Å². The minimum Gasteiger partial charge on any atom is -0.496 e. The predicted molar refractivity (Wildman–Crippen MR) is 102 cm³/mol. The van der Waals surface area contributed by atoms with Crippen molar-refractivity contribution >= 4 is 23.3 Å². The maximum Gasteiger partial charge on any atom is 0.306 e. The van der Waals surface area contributed by atoms with E-state index in [9.17, 15) is 14.4 Å². The SMILES string of the molecule is COc1ccccc1CCC(=O)O[C@@H](C)C(=O)Nc1ccccc1C(C)=O. The Morgan fingerprint density at radius 2 is 1.70 bits per heavy atom. The molecule has 0 heterocycles. The largest absolute Gasteiger partial charge is 0.496 e. The van der Waals surface area contributed by atoms with Crippen LogP contribution in [0.3, 0.4) is 0 Å². The fourth-order valence-electron chi connectivity index (χ4n) is 2.59. The number of carbonyl (C=O) groups is 3. The number of ketones is 1. The Morgan fingerprint density at radius 1 is 1.04 bits per heavy atom. The second-order valence-corrected chi connectivity index (χ2v) is 6.03. The predicted octanol–water partition coefficient (Wildman–Crippen LogP) is 3.40. The number of ether oxygens (including phenoxy) is 2. The molecule has 2 rings (SSSR count). The number of aryl methyl sites for hydroxylation is 1. The molecule has 1 amide bonds. The number of Topliss-reactive ketones (excluding diaryl/α,β-unsaturated/α-hetero) is 1. The van der Waals surface area contributed by atoms with E-state index in [2.05, 4.69) is 5.32 Å². The lowest BCUT2D eigenvalue weighted by atomic mass is 10.1. The van der Waals surface area contributed by atoms with Gasteiger partial charge in [-0.25, -0.2) is 0 Å². The molecule has 0 aliphatic carbocycles. The molecule has 1 N–H and O–H groups in total. The van der Waals surface area contributed by atoms with E-state index in [4.69, 9.17) is 9.47 Å². The van der Waals surface area contributed by atoms with E-state index in [0.29, 0.717) is 23.4 Å². The van der Waals surface area contributed by atoms with Crippen LogP contribution in [0.5, 0.6) is 5.75 Å². The van der Waals surface area contributed by atoms with Gasteiger partial charge in [0.2, 0.25) is 0 Å². The molecule has 0 bridgehead atoms. The lowest BCUT2D eigenvalue weighted by molar-refractivity contribution is -0.153. The van der Waals surface area contributed by atoms with E-state index in [1.165, 1.54) is 13.8 Å². The van der Waals surface area contributed by atoms with Crippen LogP contribution >= 0.6 is 0 Å². The number of hydrogen-bond donors (Lipinski definition) is 1. The van der Waals surface area contributed by atoms with E-state index >= 15 is 0 Å². The molecule has 1 atom stereocenters. The maximum atomic E-state index is 12.3. The molecule has 0 radical (unpaired) electrons. The quantitative estimate of drug-likeness (QED) is 0.570. The van der Waals surface area contributed by atoms with Gasteiger partial charge in [-0.15, -0.1) is 0 Å². The van der Waals surface area contributed by atoms with Crippen molar-refractivity contribution in [2.45, 2.75) is 32.8 Å². The van der Waals surface area contributed by atoms with E-state index in [-0.39, 0.29) is 12.2 Å². The van der Waals surface area contributed by atoms with Crippen molar-refractivity contribution in [3.05, 3.63) is 59.7 Å². The van der Waals surface area contributed by atoms with Crippen molar-refractivity contribution in [3.63, 3.8) is 0 Å². The van der Waals surface area contributed by atoms with Gasteiger partial charge in [-0.1, -0.05) is 30.3 Å². The molecular formula is C21H23NO5. The molecule has 2 aromatic rings. The van der Waals surface area contributed by atoms with Crippen molar-refractivity contribution in [2.24, 2.45) is 0 Å². The Morgan fingerprint density at radius 3 is 2.41 bits per heavy atom. The Kier molecular flexibility index (Phi) is 7.11. The molecule has 0 saturated carbocycles. The van der Waals surface area contributed by atoms with Crippen LogP contribution in [0.2, 0.25) is 0 Å². The first kappa shape index (κ1) is 20.2. The van der Waals surface area contributed by atoms with Crippen LogP contribution < -0.4 is 10.1 Å². The molecular weight excluding hydrogens is 346 g/mol. The minimum absolute atomic E-state index is 0.127. The number of esters is 1. The summed E-state index contributed by atoms with van der Waals surface area (Å²) in [5.41, 5.74) is 1.69. The summed E-state index contributed by atoms with van der Waals surface area (Å²) in [4.78, 5) is 36.0. The number of rotatable bonds is 8. The number of carbonyl (C=O) groups excluding carboxylic acids is 3. The van der Waals surface area contributed by atoms with E-state index in [1.54, 1.807) is 31.4 Å². The number of anilines is 1. The third-order valence-corrected chi connectivity index (χ3v) is 4.03. The number of para-hydroxylation sites is 2. The van der Waals surface area contributed by atoms with Crippen LogP contribution in [0.15, 0.2) is 48.5 Å². The Hall–Kier alpha value is -3.15. The van der Waals surface area contributed by atoms with Gasteiger partial charge in [0.15, 0.2) is 11.9 Å². The van der Waals surface area contributed by atoms with Crippen molar-refractivity contribution in [2.75, 3.05) is 12.4 Å². The second kappa shape index (κ2) is 9.52. The van der Waals surface area contributed by atoms with Gasteiger partial charge in [0.1, 0.15) is 5.75 Å². The molecule has 0 aromatic heterocycles. The molecule has 6 heteroatoms. The average Bonchev–Trinajstić information content (AvgIpc) is 2.66. The third kappa shape index (κ3) is 5.67. The Labute approximate surface area is 158 Å². The highest BCUT2D eigenvalue weighted by molar-refractivity contribution is 6.04. The van der Waals surface area contributed by atoms with Crippen LogP contribution in [0.1, 0.15) is 36.2 Å². The highest BCUT2D eigenvalue weighted by Crippen LogP contribution is 2.19. The summed E-state index contributed by atoms with van der Waals surface area (Å²) in [6.07, 6.45) is -0.401. The molecule has 0 aliphatic heterocycles. The van der Waals surface area contributed by atoms with Crippen molar-refractivity contribution < 1.29 is 23.9 Å². The Balaban J connectivity index is 1.90. The van der Waals surface area contributed by atoms with Crippen LogP contribution in [-0.4, -0.2) is 30.9 Å². The highest BCUT2D eigenvalue weighted by atomic mass is 16.5. The van der Waals surface area contributed by atoms with E-state index in [1.807, 2.05) is 24.3 Å². The van der Waals surface area contributed by atoms with Gasteiger partial charge >= 0.3 is 5.97 Å². The zero-order valence-corrected chi connectivity index (χ0v) is 15.7. The second-order valence-electron chi connectivity index (χ2n) is 6.03. The van der Waals surface area contributed by atoms with Crippen molar-refractivity contribution in [1.29, 1.82) is 0 Å². The standard InChI is InChI=1S/C21H23NO5/c1-14(23)17-9-5-6-10-18(17)22-21(25)15(2)27-20(24)13-12-16-8-4-7-11-19(16)26-3/h4-11,15H,12-13H2,1-3H3,(H,22,25)/t15-/m0/s1. The molecule has 6 nitrogen and oxygen atoms in total. The van der Waals surface area contributed by atoms with Gasteiger partial charge in [0.05, 0.1) is 12.8 Å². The number of hydrogen-bond acceptors (Lipinski definition) is 5. The molecule has 0 aliphatic rings. The van der Waals surface area contributed by atoms with E-state index in [0.717, 1.165) is 5.56 Å². The first-order valence-corrected chi connectivity index (χ1v) is 8.64. The van der Waals surface area contributed by atoms with Gasteiger partial charge < -0.3 is 14.8 Å². The first-order chi connectivity index (χ1) is 12.9. The highest BCUT2D eigenvalue weighted by Gasteiger charge is 2.19. The zero-order chi connectivity index (χ0) is 19.8. The molecule has 0 saturated heterocycles. The fourth-order valence-corrected chi connectivity index (χ4v) is 2.59. The summed E-state index contributed by atoms with van der Waals surface area (Å²) in [5, 5.41) is 2.63. The maximum absolute atomic E-state index is 12.3. The van der Waals surface area contributed by atoms with Crippen LogP contribution in [0.4, 0.5) is 5.69 Å². The van der Waals surface area contributed by atoms with E-state index < -0.39 is 18.0 Å². The van der Waals surface area contributed by atoms with Gasteiger partial charge in [0, 0.05) is 12.0 Å². The van der Waals surface area contributed by atoms with Crippen LogP contribution in [-0.2, 0) is 20.7 Å². The smallest absolute Gasteiger partial charge is 0.306 e. The molecule has 0 unspecified atom stereocenters. The lowest BCUT2D eigenvalue weighted by Gasteiger charge is -2.15. The topological polar surface area (TPSA) is 81.7 Å². The molecule has 0 spiro atoms. The lowest BCUT2D eigenvalue weighted by Crippen LogP contribution is -2.30. The van der Waals surface area contributed by atoms with Gasteiger partial charge in [-0.3, -0.25) is 14.4 Å². The minimum atomic E-state index is -0.977. The van der Waals surface area contributed by atoms with Crippen LogP contribution in [0.25, 0.3) is 0 Å². The van der Waals surface area contributed by atoms with Crippen molar-refractivity contribution in [1.82, 2.24) is 0 Å². The van der Waals surface area contributed by atoms with Gasteiger partial charge in [0.25, 0.3) is 5.91 Å². The molecule has 27 heavy (non-hydrogen) atoms. The number of methoxy groups -OCH3 is 1. The third-order valence-electron chi connectivity index (χ3n) is 4.03. The number of benzene rings is 2. The summed E-state index contributed by atoms with van der Waals surface area (Å²) >= 11 is 0. The summed E-state index contributed by atoms with van der Waals surface area (Å²) in [6.45, 7) is 2.92. The molecule has 0 fully saturated rings. The fraction of sp³-hybridized carbons (Fsp3) is 0.286. The summed E-state index contributed by atoms with van der Waals surface area (Å²) < 4.78 is 10.5. The molecule has 142 valence electrons. The number of nitrogens with one attached hydrogen (secondary N) is 1.